The molecule has 5 nitrogen and oxygen atoms in total. The van der Waals surface area contributed by atoms with E-state index in [0.717, 1.165) is 10.9 Å². The van der Waals surface area contributed by atoms with Gasteiger partial charge < -0.3 is 5.32 Å². The Labute approximate surface area is 86.2 Å². The summed E-state index contributed by atoms with van der Waals surface area (Å²) < 4.78 is 0. The molecule has 0 aromatic carbocycles. The number of nitrogens with zero attached hydrogens (tertiary/aromatic N) is 2. The van der Waals surface area contributed by atoms with Crippen molar-refractivity contribution in [1.29, 1.82) is 0 Å². The monoisotopic (exact) mass is 202 g/mol. The molecule has 2 rings (SSSR count). The van der Waals surface area contributed by atoms with Crippen LogP contribution >= 0.6 is 0 Å². The number of amides is 1. The summed E-state index contributed by atoms with van der Waals surface area (Å²) in [5, 5.41) is 10.1. The van der Waals surface area contributed by atoms with Gasteiger partial charge in [0, 0.05) is 18.9 Å². The number of carbonyl (C=O) groups excluding carboxylic acids is 1. The van der Waals surface area contributed by atoms with E-state index in [9.17, 15) is 4.79 Å². The molecular formula is C10H10N4O. The summed E-state index contributed by atoms with van der Waals surface area (Å²) in [4.78, 5) is 15.6. The van der Waals surface area contributed by atoms with Crippen LogP contribution < -0.4 is 5.32 Å². The Hall–Kier alpha value is -2.17. The van der Waals surface area contributed by atoms with Crippen molar-refractivity contribution in [1.82, 2.24) is 20.5 Å². The summed E-state index contributed by atoms with van der Waals surface area (Å²) in [5.41, 5.74) is 1.16. The maximum Gasteiger partial charge on any atom is 0.272 e. The molecule has 1 amide bonds. The van der Waals surface area contributed by atoms with Gasteiger partial charge in [-0.05, 0) is 6.07 Å². The summed E-state index contributed by atoms with van der Waals surface area (Å²) in [6.45, 7) is 3.95. The minimum Gasteiger partial charge on any atom is -0.347 e. The van der Waals surface area contributed by atoms with Crippen molar-refractivity contribution in [3.63, 3.8) is 0 Å². The Morgan fingerprint density at radius 2 is 2.53 bits per heavy atom. The van der Waals surface area contributed by atoms with Gasteiger partial charge in [-0.2, -0.15) is 5.10 Å². The third-order valence-electron chi connectivity index (χ3n) is 1.99. The predicted octanol–water partition coefficient (Wildman–Crippen LogP) is 0.874. The first-order valence-electron chi connectivity index (χ1n) is 4.50. The van der Waals surface area contributed by atoms with Crippen LogP contribution in [0.25, 0.3) is 10.9 Å². The second-order valence-corrected chi connectivity index (χ2v) is 2.99. The molecule has 0 aliphatic heterocycles. The van der Waals surface area contributed by atoms with Crippen molar-refractivity contribution in [2.75, 3.05) is 6.54 Å². The first kappa shape index (κ1) is 9.39. The van der Waals surface area contributed by atoms with Crippen molar-refractivity contribution in [2.45, 2.75) is 0 Å². The Morgan fingerprint density at radius 1 is 1.67 bits per heavy atom. The van der Waals surface area contributed by atoms with E-state index in [0.29, 0.717) is 12.2 Å². The Balaban J connectivity index is 2.35. The fourth-order valence-electron chi connectivity index (χ4n) is 1.28. The van der Waals surface area contributed by atoms with E-state index in [1.54, 1.807) is 24.5 Å². The zero-order valence-corrected chi connectivity index (χ0v) is 8.03. The molecule has 0 atom stereocenters. The number of hydrogen-bond donors (Lipinski definition) is 2. The van der Waals surface area contributed by atoms with Crippen LogP contribution in [0.15, 0.2) is 31.1 Å². The quantitative estimate of drug-likeness (QED) is 0.725. The lowest BCUT2D eigenvalue weighted by molar-refractivity contribution is 0.0954. The molecule has 0 radical (unpaired) electrons. The van der Waals surface area contributed by atoms with Crippen LogP contribution in [0.2, 0.25) is 0 Å². The van der Waals surface area contributed by atoms with Gasteiger partial charge in [-0.1, -0.05) is 6.08 Å². The highest BCUT2D eigenvalue weighted by Crippen LogP contribution is 2.12. The number of aromatic amines is 1. The predicted molar refractivity (Wildman–Crippen MR) is 56.4 cm³/mol. The molecule has 0 aliphatic rings. The number of carbonyl (C=O) groups is 1. The van der Waals surface area contributed by atoms with E-state index < -0.39 is 0 Å². The van der Waals surface area contributed by atoms with Crippen molar-refractivity contribution >= 4 is 16.8 Å². The van der Waals surface area contributed by atoms with E-state index in [2.05, 4.69) is 27.1 Å². The van der Waals surface area contributed by atoms with E-state index in [1.807, 2.05) is 0 Å². The molecule has 2 heterocycles. The molecular weight excluding hydrogens is 192 g/mol. The molecule has 0 unspecified atom stereocenters. The number of rotatable bonds is 3. The average Bonchev–Trinajstić information content (AvgIpc) is 2.69. The van der Waals surface area contributed by atoms with Crippen LogP contribution in [-0.4, -0.2) is 27.6 Å². The molecule has 0 aliphatic carbocycles. The highest BCUT2D eigenvalue weighted by Gasteiger charge is 2.12. The van der Waals surface area contributed by atoms with Crippen molar-refractivity contribution in [3.05, 3.63) is 36.8 Å². The standard InChI is InChI=1S/C10H10N4O/c1-2-4-12-10(15)9-7-6-11-5-3-8(7)13-14-9/h2-3,5-6H,1,4H2,(H,12,15)(H,13,14). The number of H-pyrrole nitrogens is 1. The van der Waals surface area contributed by atoms with Gasteiger partial charge >= 0.3 is 0 Å². The minimum atomic E-state index is -0.228. The van der Waals surface area contributed by atoms with E-state index in [4.69, 9.17) is 0 Å². The first-order valence-corrected chi connectivity index (χ1v) is 4.50. The number of pyridine rings is 1. The molecule has 0 saturated carbocycles. The minimum absolute atomic E-state index is 0.228. The van der Waals surface area contributed by atoms with Crippen LogP contribution in [0.4, 0.5) is 0 Å². The fraction of sp³-hybridized carbons (Fsp3) is 0.100. The van der Waals surface area contributed by atoms with Gasteiger partial charge in [0.25, 0.3) is 5.91 Å². The molecule has 2 aromatic heterocycles. The molecule has 15 heavy (non-hydrogen) atoms. The van der Waals surface area contributed by atoms with Crippen molar-refractivity contribution in [2.24, 2.45) is 0 Å². The summed E-state index contributed by atoms with van der Waals surface area (Å²) in [5.74, 6) is -0.228. The fourth-order valence-corrected chi connectivity index (χ4v) is 1.28. The molecule has 5 heteroatoms. The second-order valence-electron chi connectivity index (χ2n) is 2.99. The lowest BCUT2D eigenvalue weighted by Crippen LogP contribution is -2.23. The van der Waals surface area contributed by atoms with Gasteiger partial charge in [0.15, 0.2) is 5.69 Å². The normalized spacial score (nSPS) is 10.1. The summed E-state index contributed by atoms with van der Waals surface area (Å²) >= 11 is 0. The molecule has 0 bridgehead atoms. The number of aromatic nitrogens is 3. The second kappa shape index (κ2) is 3.91. The van der Waals surface area contributed by atoms with E-state index in [-0.39, 0.29) is 5.91 Å². The highest BCUT2D eigenvalue weighted by molar-refractivity contribution is 6.04. The average molecular weight is 202 g/mol. The Kier molecular flexibility index (Phi) is 2.45. The number of fused-ring (bicyclic) bond motifs is 1. The molecule has 76 valence electrons. The lowest BCUT2D eigenvalue weighted by atomic mass is 10.2. The SMILES string of the molecule is C=CCNC(=O)c1n[nH]c2ccncc12. The maximum absolute atomic E-state index is 11.6. The van der Waals surface area contributed by atoms with Crippen LogP contribution in [-0.2, 0) is 0 Å². The maximum atomic E-state index is 11.6. The third kappa shape index (κ3) is 1.71. The third-order valence-corrected chi connectivity index (χ3v) is 1.99. The zero-order chi connectivity index (χ0) is 10.7. The van der Waals surface area contributed by atoms with Gasteiger partial charge in [-0.25, -0.2) is 0 Å². The molecule has 0 fully saturated rings. The van der Waals surface area contributed by atoms with Crippen LogP contribution in [0, 0.1) is 0 Å². The van der Waals surface area contributed by atoms with Gasteiger partial charge in [0.05, 0.1) is 10.9 Å². The van der Waals surface area contributed by atoms with Crippen molar-refractivity contribution < 1.29 is 4.79 Å². The molecule has 2 aromatic rings. The lowest BCUT2D eigenvalue weighted by Gasteiger charge is -1.97. The van der Waals surface area contributed by atoms with Gasteiger partial charge in [0.1, 0.15) is 0 Å². The summed E-state index contributed by atoms with van der Waals surface area (Å²) in [6.07, 6.45) is 4.87. The smallest absolute Gasteiger partial charge is 0.272 e. The van der Waals surface area contributed by atoms with E-state index >= 15 is 0 Å². The molecule has 0 saturated heterocycles. The number of nitrogens with one attached hydrogen (secondary N) is 2. The molecule has 2 N–H and O–H groups in total. The topological polar surface area (TPSA) is 70.7 Å². The van der Waals surface area contributed by atoms with Gasteiger partial charge in [-0.15, -0.1) is 6.58 Å². The van der Waals surface area contributed by atoms with E-state index in [1.165, 1.54) is 0 Å². The zero-order valence-electron chi connectivity index (χ0n) is 8.03. The van der Waals surface area contributed by atoms with Gasteiger partial charge in [-0.3, -0.25) is 14.9 Å². The van der Waals surface area contributed by atoms with Crippen molar-refractivity contribution in [3.8, 4) is 0 Å². The van der Waals surface area contributed by atoms with Gasteiger partial charge in [0.2, 0.25) is 0 Å². The first-order chi connectivity index (χ1) is 7.33. The van der Waals surface area contributed by atoms with Crippen LogP contribution in [0.1, 0.15) is 10.5 Å². The Morgan fingerprint density at radius 3 is 3.33 bits per heavy atom. The molecule has 0 spiro atoms. The summed E-state index contributed by atoms with van der Waals surface area (Å²) in [7, 11) is 0. The van der Waals surface area contributed by atoms with Crippen LogP contribution in [0.5, 0.6) is 0 Å². The largest absolute Gasteiger partial charge is 0.347 e. The number of hydrogen-bond acceptors (Lipinski definition) is 3. The highest BCUT2D eigenvalue weighted by atomic mass is 16.1. The Bertz CT molecular complexity index is 503. The summed E-state index contributed by atoms with van der Waals surface area (Å²) in [6, 6.07) is 1.77. The van der Waals surface area contributed by atoms with Crippen LogP contribution in [0.3, 0.4) is 0 Å².